The molecule has 9 heteroatoms. The topological polar surface area (TPSA) is 109 Å². The highest BCUT2D eigenvalue weighted by molar-refractivity contribution is 6.30. The number of nitriles is 1. The van der Waals surface area contributed by atoms with Gasteiger partial charge in [-0.15, -0.1) is 0 Å². The zero-order chi connectivity index (χ0) is 27.8. The number of halogens is 1. The quantitative estimate of drug-likeness (QED) is 0.190. The molecule has 8 nitrogen and oxygen atoms in total. The van der Waals surface area contributed by atoms with Crippen molar-refractivity contribution in [2.24, 2.45) is 0 Å². The predicted octanol–water partition coefficient (Wildman–Crippen LogP) is 5.57. The Bertz CT molecular complexity index is 1490. The summed E-state index contributed by atoms with van der Waals surface area (Å²) in [5.74, 6) is 0.579. The number of hydrogen-bond acceptors (Lipinski definition) is 6. The number of hydrogen-bond donors (Lipinski definition) is 2. The number of ether oxygens (including phenoxy) is 1. The maximum absolute atomic E-state index is 13.3. The van der Waals surface area contributed by atoms with Gasteiger partial charge in [-0.3, -0.25) is 9.59 Å². The van der Waals surface area contributed by atoms with Crippen molar-refractivity contribution in [2.75, 3.05) is 25.0 Å². The van der Waals surface area contributed by atoms with Crippen LogP contribution in [-0.2, 0) is 0 Å². The Morgan fingerprint density at radius 2 is 1.64 bits per heavy atom. The zero-order valence-corrected chi connectivity index (χ0v) is 22.5. The number of ketones is 1. The molecule has 4 aromatic rings. The molecule has 1 heterocycles. The van der Waals surface area contributed by atoms with Crippen LogP contribution in [0.4, 0.5) is 5.82 Å². The minimum atomic E-state index is -0.343. The first-order valence-corrected chi connectivity index (χ1v) is 12.9. The average Bonchev–Trinajstić information content (AvgIpc) is 3.32. The summed E-state index contributed by atoms with van der Waals surface area (Å²) in [6.07, 6.45) is 0.570. The third-order valence-electron chi connectivity index (χ3n) is 5.96. The van der Waals surface area contributed by atoms with Gasteiger partial charge in [-0.2, -0.15) is 10.4 Å². The minimum Gasteiger partial charge on any atom is -0.494 e. The predicted molar refractivity (Wildman–Crippen MR) is 151 cm³/mol. The lowest BCUT2D eigenvalue weighted by molar-refractivity contribution is 0.0952. The van der Waals surface area contributed by atoms with Crippen molar-refractivity contribution in [2.45, 2.75) is 20.3 Å². The van der Waals surface area contributed by atoms with Gasteiger partial charge >= 0.3 is 0 Å². The van der Waals surface area contributed by atoms with Gasteiger partial charge in [0.15, 0.2) is 5.69 Å². The summed E-state index contributed by atoms with van der Waals surface area (Å²) in [4.78, 5) is 25.8. The van der Waals surface area contributed by atoms with Crippen LogP contribution in [0.1, 0.15) is 50.9 Å². The van der Waals surface area contributed by atoms with Crippen LogP contribution in [0.3, 0.4) is 0 Å². The molecule has 0 unspecified atom stereocenters. The molecule has 0 aliphatic rings. The van der Waals surface area contributed by atoms with Gasteiger partial charge in [0, 0.05) is 29.2 Å². The summed E-state index contributed by atoms with van der Waals surface area (Å²) < 4.78 is 6.95. The second-order valence-electron chi connectivity index (χ2n) is 8.76. The third-order valence-corrected chi connectivity index (χ3v) is 6.21. The lowest BCUT2D eigenvalue weighted by atomic mass is 10.0. The maximum Gasteiger partial charge on any atom is 0.251 e. The molecule has 0 bridgehead atoms. The monoisotopic (exact) mass is 541 g/mol. The van der Waals surface area contributed by atoms with Crippen LogP contribution in [0.5, 0.6) is 5.75 Å². The fourth-order valence-electron chi connectivity index (χ4n) is 3.93. The molecule has 0 aliphatic heterocycles. The normalized spacial score (nSPS) is 10.5. The molecule has 0 spiro atoms. The van der Waals surface area contributed by atoms with E-state index in [1.54, 1.807) is 60.7 Å². The number of carbonyl (C=O) groups is 2. The highest BCUT2D eigenvalue weighted by atomic mass is 35.5. The van der Waals surface area contributed by atoms with Crippen LogP contribution in [0.25, 0.3) is 5.69 Å². The molecule has 3 aromatic carbocycles. The number of benzene rings is 3. The van der Waals surface area contributed by atoms with E-state index in [2.05, 4.69) is 21.8 Å². The molecule has 0 fully saturated rings. The molecular formula is C30H28ClN5O3. The Balaban J connectivity index is 1.49. The molecule has 39 heavy (non-hydrogen) atoms. The Kier molecular flexibility index (Phi) is 8.97. The molecule has 0 aliphatic carbocycles. The second-order valence-corrected chi connectivity index (χ2v) is 9.20. The van der Waals surface area contributed by atoms with Crippen LogP contribution in [0, 0.1) is 18.3 Å². The third kappa shape index (κ3) is 6.64. The molecule has 0 radical (unpaired) electrons. The van der Waals surface area contributed by atoms with E-state index >= 15 is 0 Å². The number of amides is 1. The van der Waals surface area contributed by atoms with Gasteiger partial charge in [0.25, 0.3) is 5.91 Å². The first-order valence-electron chi connectivity index (χ1n) is 12.6. The Labute approximate surface area is 232 Å². The van der Waals surface area contributed by atoms with Gasteiger partial charge in [-0.05, 0) is 68.8 Å². The maximum atomic E-state index is 13.3. The number of nitrogens with zero attached hydrogens (tertiary/aromatic N) is 3. The van der Waals surface area contributed by atoms with Crippen molar-refractivity contribution in [3.63, 3.8) is 0 Å². The van der Waals surface area contributed by atoms with Gasteiger partial charge in [0.2, 0.25) is 5.78 Å². The van der Waals surface area contributed by atoms with Crippen LogP contribution in [0.2, 0.25) is 5.02 Å². The Hall–Kier alpha value is -4.61. The lowest BCUT2D eigenvalue weighted by Gasteiger charge is -2.11. The van der Waals surface area contributed by atoms with Crippen molar-refractivity contribution < 1.29 is 14.3 Å². The van der Waals surface area contributed by atoms with E-state index < -0.39 is 0 Å². The highest BCUT2D eigenvalue weighted by Crippen LogP contribution is 2.26. The van der Waals surface area contributed by atoms with Crippen LogP contribution in [-0.4, -0.2) is 41.2 Å². The summed E-state index contributed by atoms with van der Waals surface area (Å²) in [5, 5.41) is 21.2. The standard InChI is InChI=1S/C30H28ClN5O3/c1-3-39-25-15-9-22(10-16-25)30(38)34-18-4-17-33-29-26(19-32)27(28(37)21-7-5-20(2)6-8-21)35-36(29)24-13-11-23(31)12-14-24/h5-16,33H,3-4,17-18H2,1-2H3,(H,34,38). The van der Waals surface area contributed by atoms with Gasteiger partial charge < -0.3 is 15.4 Å². The van der Waals surface area contributed by atoms with Crippen molar-refractivity contribution in [1.29, 1.82) is 5.26 Å². The molecule has 4 rings (SSSR count). The van der Waals surface area contributed by atoms with E-state index in [1.807, 2.05) is 26.0 Å². The molecule has 0 atom stereocenters. The van der Waals surface area contributed by atoms with E-state index in [-0.39, 0.29) is 22.9 Å². The van der Waals surface area contributed by atoms with E-state index in [1.165, 1.54) is 4.68 Å². The fourth-order valence-corrected chi connectivity index (χ4v) is 4.05. The summed E-state index contributed by atoms with van der Waals surface area (Å²) in [6, 6.07) is 23.2. The van der Waals surface area contributed by atoms with Gasteiger partial charge in [-0.1, -0.05) is 41.4 Å². The van der Waals surface area contributed by atoms with E-state index in [0.29, 0.717) is 59.5 Å². The molecule has 1 aromatic heterocycles. The number of carbonyl (C=O) groups excluding carboxylic acids is 2. The molecule has 198 valence electrons. The first-order chi connectivity index (χ1) is 18.9. The molecule has 1 amide bonds. The highest BCUT2D eigenvalue weighted by Gasteiger charge is 2.25. The number of aromatic nitrogens is 2. The number of aryl methyl sites for hydroxylation is 1. The Morgan fingerprint density at radius 3 is 2.28 bits per heavy atom. The summed E-state index contributed by atoms with van der Waals surface area (Å²) >= 11 is 6.06. The van der Waals surface area contributed by atoms with Gasteiger partial charge in [0.05, 0.1) is 12.3 Å². The molecule has 0 saturated carbocycles. The van der Waals surface area contributed by atoms with Crippen LogP contribution in [0.15, 0.2) is 72.8 Å². The van der Waals surface area contributed by atoms with Crippen molar-refractivity contribution in [3.8, 4) is 17.5 Å². The summed E-state index contributed by atoms with van der Waals surface area (Å²) in [6.45, 7) is 5.23. The molecule has 0 saturated heterocycles. The first kappa shape index (κ1) is 27.4. The fraction of sp³-hybridized carbons (Fsp3) is 0.200. The van der Waals surface area contributed by atoms with Crippen molar-refractivity contribution in [1.82, 2.24) is 15.1 Å². The average molecular weight is 542 g/mol. The minimum absolute atomic E-state index is 0.0580. The number of nitrogens with one attached hydrogen (secondary N) is 2. The second kappa shape index (κ2) is 12.8. The van der Waals surface area contributed by atoms with E-state index in [9.17, 15) is 14.9 Å². The van der Waals surface area contributed by atoms with Gasteiger partial charge in [-0.25, -0.2) is 4.68 Å². The van der Waals surface area contributed by atoms with Gasteiger partial charge in [0.1, 0.15) is 23.2 Å². The Morgan fingerprint density at radius 1 is 0.974 bits per heavy atom. The van der Waals surface area contributed by atoms with Crippen molar-refractivity contribution in [3.05, 3.63) is 106 Å². The largest absolute Gasteiger partial charge is 0.494 e. The van der Waals surface area contributed by atoms with Crippen molar-refractivity contribution >= 4 is 29.1 Å². The SMILES string of the molecule is CCOc1ccc(C(=O)NCCCNc2c(C#N)c(C(=O)c3ccc(C)cc3)nn2-c2ccc(Cl)cc2)cc1. The number of rotatable bonds is 11. The molecule has 2 N–H and O–H groups in total. The smallest absolute Gasteiger partial charge is 0.251 e. The molecular weight excluding hydrogens is 514 g/mol. The summed E-state index contributed by atoms with van der Waals surface area (Å²) in [7, 11) is 0. The summed E-state index contributed by atoms with van der Waals surface area (Å²) in [5.41, 5.74) is 2.86. The van der Waals surface area contributed by atoms with E-state index in [0.717, 1.165) is 5.56 Å². The van der Waals surface area contributed by atoms with Crippen LogP contribution < -0.4 is 15.4 Å². The van der Waals surface area contributed by atoms with Crippen LogP contribution >= 0.6 is 11.6 Å². The zero-order valence-electron chi connectivity index (χ0n) is 21.7. The lowest BCUT2D eigenvalue weighted by Crippen LogP contribution is -2.26. The number of anilines is 1. The van der Waals surface area contributed by atoms with E-state index in [4.69, 9.17) is 16.3 Å².